The van der Waals surface area contributed by atoms with E-state index < -0.39 is 0 Å². The van der Waals surface area contributed by atoms with Gasteiger partial charge in [0.15, 0.2) is 5.82 Å². The highest BCUT2D eigenvalue weighted by atomic mass is 16.2. The van der Waals surface area contributed by atoms with E-state index in [9.17, 15) is 9.59 Å². The molecule has 1 aliphatic carbocycles. The molecule has 3 heterocycles. The lowest BCUT2D eigenvalue weighted by Crippen LogP contribution is -2.35. The highest BCUT2D eigenvalue weighted by Gasteiger charge is 2.38. The Hall–Kier alpha value is -2.70. The topological polar surface area (TPSA) is 80.1 Å². The van der Waals surface area contributed by atoms with Crippen molar-refractivity contribution >= 4 is 17.5 Å². The summed E-state index contributed by atoms with van der Waals surface area (Å²) in [6.07, 6.45) is 9.40. The summed E-state index contributed by atoms with van der Waals surface area (Å²) in [5, 5.41) is 11.8. The van der Waals surface area contributed by atoms with Gasteiger partial charge in [-0.2, -0.15) is 0 Å². The van der Waals surface area contributed by atoms with Crippen LogP contribution in [0.3, 0.4) is 0 Å². The Balaban J connectivity index is 1.24. The normalized spacial score (nSPS) is 22.2. The second-order valence-electron chi connectivity index (χ2n) is 8.85. The maximum absolute atomic E-state index is 12.7. The van der Waals surface area contributed by atoms with Crippen molar-refractivity contribution in [2.24, 2.45) is 5.92 Å². The monoisotopic (exact) mass is 407 g/mol. The molecule has 30 heavy (non-hydrogen) atoms. The highest BCUT2D eigenvalue weighted by Crippen LogP contribution is 2.30. The zero-order chi connectivity index (χ0) is 20.5. The van der Waals surface area contributed by atoms with E-state index in [-0.39, 0.29) is 17.7 Å². The lowest BCUT2D eigenvalue weighted by atomic mass is 10.1. The van der Waals surface area contributed by atoms with Gasteiger partial charge in [-0.3, -0.25) is 9.59 Å². The van der Waals surface area contributed by atoms with Gasteiger partial charge in [0.2, 0.25) is 11.8 Å². The molecule has 0 bridgehead atoms. The largest absolute Gasteiger partial charge is 0.339 e. The van der Waals surface area contributed by atoms with Gasteiger partial charge in [-0.25, -0.2) is 0 Å². The van der Waals surface area contributed by atoms with Crippen LogP contribution in [0.15, 0.2) is 24.3 Å². The van der Waals surface area contributed by atoms with Crippen LogP contribution in [-0.2, 0) is 22.6 Å². The molecular weight excluding hydrogens is 378 g/mol. The van der Waals surface area contributed by atoms with Gasteiger partial charge >= 0.3 is 0 Å². The predicted octanol–water partition coefficient (Wildman–Crippen LogP) is 3.40. The standard InChI is InChI=1S/C23H29N5O2/c29-21-14-17(15-28(21)19-6-3-4-7-19)23(30)24-18-11-9-16(10-12-18)22-26-25-20-8-2-1-5-13-27(20)22/h9-12,17,19H,1-8,13-15H2,(H,24,30)/t17-/m1/s1. The average molecular weight is 408 g/mol. The van der Waals surface area contributed by atoms with Crippen molar-refractivity contribution in [2.45, 2.75) is 70.4 Å². The number of benzene rings is 1. The van der Waals surface area contributed by atoms with Gasteiger partial charge in [0.05, 0.1) is 5.92 Å². The Morgan fingerprint density at radius 3 is 2.60 bits per heavy atom. The minimum Gasteiger partial charge on any atom is -0.339 e. The Labute approximate surface area is 176 Å². The van der Waals surface area contributed by atoms with Crippen molar-refractivity contribution < 1.29 is 9.59 Å². The van der Waals surface area contributed by atoms with Crippen LogP contribution in [0.25, 0.3) is 11.4 Å². The summed E-state index contributed by atoms with van der Waals surface area (Å²) in [4.78, 5) is 27.1. The highest BCUT2D eigenvalue weighted by molar-refractivity contribution is 5.97. The molecule has 5 rings (SSSR count). The number of anilines is 1. The van der Waals surface area contributed by atoms with E-state index in [4.69, 9.17) is 0 Å². The van der Waals surface area contributed by atoms with Crippen LogP contribution in [0.1, 0.15) is 57.2 Å². The summed E-state index contributed by atoms with van der Waals surface area (Å²) in [6.45, 7) is 1.52. The fourth-order valence-corrected chi connectivity index (χ4v) is 5.12. The van der Waals surface area contributed by atoms with Crippen LogP contribution in [0.5, 0.6) is 0 Å². The number of aromatic nitrogens is 3. The first-order valence-corrected chi connectivity index (χ1v) is 11.3. The molecule has 7 heteroatoms. The van der Waals surface area contributed by atoms with Crippen molar-refractivity contribution in [2.75, 3.05) is 11.9 Å². The number of hydrogen-bond donors (Lipinski definition) is 1. The SMILES string of the molecule is O=C(Nc1ccc(-c2nnc3n2CCCCC3)cc1)[C@@H]1CC(=O)N(C2CCCC2)C1. The number of rotatable bonds is 4. The van der Waals surface area contributed by atoms with Crippen molar-refractivity contribution in [3.63, 3.8) is 0 Å². The minimum absolute atomic E-state index is 0.0621. The van der Waals surface area contributed by atoms with Crippen molar-refractivity contribution in [1.82, 2.24) is 19.7 Å². The number of aryl methyl sites for hydroxylation is 1. The molecule has 1 saturated heterocycles. The number of nitrogens with zero attached hydrogens (tertiary/aromatic N) is 4. The molecule has 2 aliphatic heterocycles. The number of carbonyl (C=O) groups is 2. The number of hydrogen-bond acceptors (Lipinski definition) is 4. The van der Waals surface area contributed by atoms with E-state index in [2.05, 4.69) is 20.1 Å². The Morgan fingerprint density at radius 2 is 1.80 bits per heavy atom. The molecule has 1 N–H and O–H groups in total. The molecule has 0 spiro atoms. The maximum Gasteiger partial charge on any atom is 0.229 e. The van der Waals surface area contributed by atoms with Crippen LogP contribution in [0.2, 0.25) is 0 Å². The lowest BCUT2D eigenvalue weighted by Gasteiger charge is -2.23. The lowest BCUT2D eigenvalue weighted by molar-refractivity contribution is -0.129. The van der Waals surface area contributed by atoms with E-state index in [1.807, 2.05) is 29.2 Å². The molecule has 1 aromatic heterocycles. The summed E-state index contributed by atoms with van der Waals surface area (Å²) < 4.78 is 2.22. The number of fused-ring (bicyclic) bond motifs is 1. The third-order valence-electron chi connectivity index (χ3n) is 6.81. The predicted molar refractivity (Wildman–Crippen MR) is 114 cm³/mol. The van der Waals surface area contributed by atoms with Crippen molar-refractivity contribution in [3.8, 4) is 11.4 Å². The number of amides is 2. The molecule has 0 unspecified atom stereocenters. The number of likely N-dealkylation sites (tertiary alicyclic amines) is 1. The fourth-order valence-electron chi connectivity index (χ4n) is 5.12. The summed E-state index contributed by atoms with van der Waals surface area (Å²) in [5.74, 6) is 1.78. The molecule has 2 fully saturated rings. The Morgan fingerprint density at radius 1 is 1.00 bits per heavy atom. The summed E-state index contributed by atoms with van der Waals surface area (Å²) in [7, 11) is 0. The maximum atomic E-state index is 12.7. The fraction of sp³-hybridized carbons (Fsp3) is 0.565. The first-order chi connectivity index (χ1) is 14.7. The molecule has 3 aliphatic rings. The Kier molecular flexibility index (Phi) is 5.27. The van der Waals surface area contributed by atoms with Gasteiger partial charge in [0, 0.05) is 43.2 Å². The smallest absolute Gasteiger partial charge is 0.229 e. The second-order valence-corrected chi connectivity index (χ2v) is 8.85. The van der Waals surface area contributed by atoms with E-state index >= 15 is 0 Å². The van der Waals surface area contributed by atoms with Crippen LogP contribution in [0, 0.1) is 5.92 Å². The number of carbonyl (C=O) groups excluding carboxylic acids is 2. The van der Waals surface area contributed by atoms with E-state index in [1.165, 1.54) is 25.7 Å². The summed E-state index contributed by atoms with van der Waals surface area (Å²) in [6, 6.07) is 8.15. The molecule has 1 atom stereocenters. The van der Waals surface area contributed by atoms with E-state index in [1.54, 1.807) is 0 Å². The van der Waals surface area contributed by atoms with Gasteiger partial charge in [-0.1, -0.05) is 19.3 Å². The zero-order valence-electron chi connectivity index (χ0n) is 17.3. The molecular formula is C23H29N5O2. The molecule has 158 valence electrons. The third-order valence-corrected chi connectivity index (χ3v) is 6.81. The summed E-state index contributed by atoms with van der Waals surface area (Å²) >= 11 is 0. The van der Waals surface area contributed by atoms with E-state index in [0.717, 1.165) is 55.1 Å². The van der Waals surface area contributed by atoms with Crippen molar-refractivity contribution in [1.29, 1.82) is 0 Å². The van der Waals surface area contributed by atoms with Gasteiger partial charge in [-0.15, -0.1) is 10.2 Å². The zero-order valence-corrected chi connectivity index (χ0v) is 17.3. The number of nitrogens with one attached hydrogen (secondary N) is 1. The van der Waals surface area contributed by atoms with Crippen LogP contribution < -0.4 is 5.32 Å². The van der Waals surface area contributed by atoms with Gasteiger partial charge in [-0.05, 0) is 49.9 Å². The first kappa shape index (κ1) is 19.3. The molecule has 2 aromatic rings. The average Bonchev–Trinajstić information content (AvgIpc) is 3.46. The molecule has 1 saturated carbocycles. The molecule has 2 amide bonds. The van der Waals surface area contributed by atoms with Gasteiger partial charge in [0.25, 0.3) is 0 Å². The van der Waals surface area contributed by atoms with Crippen LogP contribution >= 0.6 is 0 Å². The summed E-state index contributed by atoms with van der Waals surface area (Å²) in [5.41, 5.74) is 1.77. The molecule has 0 radical (unpaired) electrons. The van der Waals surface area contributed by atoms with Gasteiger partial charge in [0.1, 0.15) is 5.82 Å². The minimum atomic E-state index is -0.259. The Bertz CT molecular complexity index is 930. The third kappa shape index (κ3) is 3.73. The molecule has 7 nitrogen and oxygen atoms in total. The quantitative estimate of drug-likeness (QED) is 0.842. The van der Waals surface area contributed by atoms with E-state index in [0.29, 0.717) is 19.0 Å². The first-order valence-electron chi connectivity index (χ1n) is 11.3. The molecule has 1 aromatic carbocycles. The van der Waals surface area contributed by atoms with Crippen molar-refractivity contribution in [3.05, 3.63) is 30.1 Å². The van der Waals surface area contributed by atoms with Gasteiger partial charge < -0.3 is 14.8 Å². The van der Waals surface area contributed by atoms with Crippen LogP contribution in [-0.4, -0.2) is 44.1 Å². The second kappa shape index (κ2) is 8.20. The van der Waals surface area contributed by atoms with Crippen LogP contribution in [0.4, 0.5) is 5.69 Å².